The molecule has 1 unspecified atom stereocenters. The first-order valence-corrected chi connectivity index (χ1v) is 5.73. The standard InChI is InChI=1S/C11H14ClN5/c1-2-17-7-8(6-15-17)10(16-13)11-9(12)4-3-5-14-11/h3-7,10,16H,2,13H2,1H3. The maximum Gasteiger partial charge on any atom is 0.0926 e. The number of hydrogen-bond acceptors (Lipinski definition) is 4. The van der Waals surface area contributed by atoms with E-state index in [2.05, 4.69) is 15.5 Å². The monoisotopic (exact) mass is 251 g/mol. The van der Waals surface area contributed by atoms with E-state index < -0.39 is 0 Å². The molecule has 0 fully saturated rings. The number of halogens is 1. The van der Waals surface area contributed by atoms with Gasteiger partial charge in [-0.1, -0.05) is 11.6 Å². The van der Waals surface area contributed by atoms with Gasteiger partial charge in [-0.3, -0.25) is 15.5 Å². The Kier molecular flexibility index (Phi) is 3.73. The quantitative estimate of drug-likeness (QED) is 0.638. The molecule has 17 heavy (non-hydrogen) atoms. The lowest BCUT2D eigenvalue weighted by atomic mass is 10.1. The summed E-state index contributed by atoms with van der Waals surface area (Å²) in [7, 11) is 0. The predicted molar refractivity (Wildman–Crippen MR) is 66.3 cm³/mol. The Hall–Kier alpha value is -1.43. The molecular formula is C11H14ClN5. The van der Waals surface area contributed by atoms with Crippen LogP contribution in [0, 0.1) is 0 Å². The van der Waals surface area contributed by atoms with Crippen molar-refractivity contribution in [1.29, 1.82) is 0 Å². The van der Waals surface area contributed by atoms with Crippen LogP contribution in [0.2, 0.25) is 5.02 Å². The van der Waals surface area contributed by atoms with Gasteiger partial charge in [-0.05, 0) is 19.1 Å². The molecule has 0 spiro atoms. The van der Waals surface area contributed by atoms with E-state index in [4.69, 9.17) is 17.4 Å². The lowest BCUT2D eigenvalue weighted by Crippen LogP contribution is -2.29. The maximum absolute atomic E-state index is 6.10. The Bertz CT molecular complexity index is 496. The number of aryl methyl sites for hydroxylation is 1. The van der Waals surface area contributed by atoms with Gasteiger partial charge >= 0.3 is 0 Å². The smallest absolute Gasteiger partial charge is 0.0926 e. The van der Waals surface area contributed by atoms with Gasteiger partial charge in [0.2, 0.25) is 0 Å². The third-order valence-corrected chi connectivity index (χ3v) is 2.86. The van der Waals surface area contributed by atoms with Gasteiger partial charge in [0, 0.05) is 24.5 Å². The number of pyridine rings is 1. The number of hydrogen-bond donors (Lipinski definition) is 2. The largest absolute Gasteiger partial charge is 0.273 e. The first-order chi connectivity index (χ1) is 8.26. The molecule has 1 atom stereocenters. The van der Waals surface area contributed by atoms with Crippen LogP contribution in [0.3, 0.4) is 0 Å². The van der Waals surface area contributed by atoms with Crippen molar-refractivity contribution in [3.05, 3.63) is 47.0 Å². The Morgan fingerprint density at radius 3 is 3.00 bits per heavy atom. The fraction of sp³-hybridized carbons (Fsp3) is 0.273. The van der Waals surface area contributed by atoms with Crippen LogP contribution < -0.4 is 11.3 Å². The molecule has 2 aromatic heterocycles. The summed E-state index contributed by atoms with van der Waals surface area (Å²) in [5.74, 6) is 5.57. The summed E-state index contributed by atoms with van der Waals surface area (Å²) >= 11 is 6.10. The zero-order valence-corrected chi connectivity index (χ0v) is 10.2. The molecule has 0 radical (unpaired) electrons. The Morgan fingerprint density at radius 2 is 2.41 bits per heavy atom. The molecule has 0 aliphatic carbocycles. The normalized spacial score (nSPS) is 12.6. The zero-order valence-electron chi connectivity index (χ0n) is 9.47. The van der Waals surface area contributed by atoms with Gasteiger partial charge in [0.15, 0.2) is 0 Å². The van der Waals surface area contributed by atoms with Gasteiger partial charge in [-0.25, -0.2) is 5.43 Å². The summed E-state index contributed by atoms with van der Waals surface area (Å²) in [6.07, 6.45) is 5.38. The van der Waals surface area contributed by atoms with Crippen LogP contribution in [-0.2, 0) is 6.54 Å². The van der Waals surface area contributed by atoms with Crippen molar-refractivity contribution in [2.75, 3.05) is 0 Å². The highest BCUT2D eigenvalue weighted by Crippen LogP contribution is 2.25. The molecule has 0 saturated heterocycles. The molecule has 90 valence electrons. The van der Waals surface area contributed by atoms with Crippen LogP contribution in [-0.4, -0.2) is 14.8 Å². The zero-order chi connectivity index (χ0) is 12.3. The van der Waals surface area contributed by atoms with E-state index in [0.29, 0.717) is 10.7 Å². The molecule has 0 saturated carbocycles. The number of rotatable bonds is 4. The second kappa shape index (κ2) is 5.27. The molecular weight excluding hydrogens is 238 g/mol. The summed E-state index contributed by atoms with van der Waals surface area (Å²) in [6, 6.07) is 3.33. The second-order valence-corrected chi connectivity index (χ2v) is 4.01. The van der Waals surface area contributed by atoms with Crippen molar-refractivity contribution in [3.63, 3.8) is 0 Å². The van der Waals surface area contributed by atoms with E-state index in [1.54, 1.807) is 24.5 Å². The van der Waals surface area contributed by atoms with Crippen molar-refractivity contribution in [3.8, 4) is 0 Å². The maximum atomic E-state index is 6.10. The van der Waals surface area contributed by atoms with Crippen LogP contribution in [0.4, 0.5) is 0 Å². The van der Waals surface area contributed by atoms with Crippen molar-refractivity contribution >= 4 is 11.6 Å². The first-order valence-electron chi connectivity index (χ1n) is 5.35. The van der Waals surface area contributed by atoms with E-state index >= 15 is 0 Å². The van der Waals surface area contributed by atoms with Crippen molar-refractivity contribution in [1.82, 2.24) is 20.2 Å². The average Bonchev–Trinajstić information content (AvgIpc) is 2.81. The van der Waals surface area contributed by atoms with Gasteiger partial charge < -0.3 is 0 Å². The van der Waals surface area contributed by atoms with Crippen LogP contribution in [0.25, 0.3) is 0 Å². The fourth-order valence-electron chi connectivity index (χ4n) is 1.64. The molecule has 0 aliphatic rings. The number of nitrogens with zero attached hydrogens (tertiary/aromatic N) is 3. The van der Waals surface area contributed by atoms with E-state index in [0.717, 1.165) is 12.1 Å². The second-order valence-electron chi connectivity index (χ2n) is 3.60. The molecule has 2 rings (SSSR count). The van der Waals surface area contributed by atoms with Crippen LogP contribution >= 0.6 is 11.6 Å². The van der Waals surface area contributed by atoms with Crippen molar-refractivity contribution < 1.29 is 0 Å². The van der Waals surface area contributed by atoms with E-state index in [1.165, 1.54) is 0 Å². The highest BCUT2D eigenvalue weighted by Gasteiger charge is 2.18. The summed E-state index contributed by atoms with van der Waals surface area (Å²) in [5.41, 5.74) is 4.35. The number of aromatic nitrogens is 3. The van der Waals surface area contributed by atoms with Crippen LogP contribution in [0.5, 0.6) is 0 Å². The lowest BCUT2D eigenvalue weighted by molar-refractivity contribution is 0.616. The minimum Gasteiger partial charge on any atom is -0.273 e. The fourth-order valence-corrected chi connectivity index (χ4v) is 1.88. The minimum absolute atomic E-state index is 0.246. The lowest BCUT2D eigenvalue weighted by Gasteiger charge is -2.14. The van der Waals surface area contributed by atoms with Gasteiger partial charge in [0.25, 0.3) is 0 Å². The number of hydrazine groups is 1. The van der Waals surface area contributed by atoms with Gasteiger partial charge in [-0.15, -0.1) is 0 Å². The third-order valence-electron chi connectivity index (χ3n) is 2.54. The molecule has 2 aromatic rings. The van der Waals surface area contributed by atoms with E-state index in [1.807, 2.05) is 17.8 Å². The number of nitrogens with one attached hydrogen (secondary N) is 1. The summed E-state index contributed by atoms with van der Waals surface area (Å²) in [4.78, 5) is 4.25. The van der Waals surface area contributed by atoms with Crippen molar-refractivity contribution in [2.45, 2.75) is 19.5 Å². The first kappa shape index (κ1) is 12.0. The molecule has 5 nitrogen and oxygen atoms in total. The molecule has 0 aliphatic heterocycles. The van der Waals surface area contributed by atoms with E-state index in [9.17, 15) is 0 Å². The molecule has 0 amide bonds. The molecule has 6 heteroatoms. The highest BCUT2D eigenvalue weighted by atomic mass is 35.5. The molecule has 2 heterocycles. The van der Waals surface area contributed by atoms with E-state index in [-0.39, 0.29) is 6.04 Å². The molecule has 0 aromatic carbocycles. The summed E-state index contributed by atoms with van der Waals surface area (Å²) < 4.78 is 1.83. The summed E-state index contributed by atoms with van der Waals surface area (Å²) in [5, 5.41) is 4.79. The topological polar surface area (TPSA) is 68.8 Å². The number of nitrogens with two attached hydrogens (primary N) is 1. The predicted octanol–water partition coefficient (Wildman–Crippen LogP) is 1.50. The van der Waals surface area contributed by atoms with Crippen LogP contribution in [0.1, 0.15) is 24.2 Å². The minimum atomic E-state index is -0.246. The average molecular weight is 252 g/mol. The van der Waals surface area contributed by atoms with Gasteiger partial charge in [0.1, 0.15) is 0 Å². The Labute approximate surface area is 105 Å². The van der Waals surface area contributed by atoms with Crippen molar-refractivity contribution in [2.24, 2.45) is 5.84 Å². The highest BCUT2D eigenvalue weighted by molar-refractivity contribution is 6.31. The molecule has 3 N–H and O–H groups in total. The SMILES string of the molecule is CCn1cc(C(NN)c2ncccc2Cl)cn1. The van der Waals surface area contributed by atoms with Gasteiger partial charge in [0.05, 0.1) is 23.0 Å². The third kappa shape index (κ3) is 2.46. The summed E-state index contributed by atoms with van der Waals surface area (Å²) in [6.45, 7) is 2.84. The van der Waals surface area contributed by atoms with Crippen LogP contribution in [0.15, 0.2) is 30.7 Å². The Balaban J connectivity index is 2.36. The molecule has 0 bridgehead atoms. The van der Waals surface area contributed by atoms with Gasteiger partial charge in [-0.2, -0.15) is 5.10 Å². The Morgan fingerprint density at radius 1 is 1.59 bits per heavy atom.